The van der Waals surface area contributed by atoms with E-state index in [2.05, 4.69) is 10.1 Å². The van der Waals surface area contributed by atoms with Gasteiger partial charge in [0.1, 0.15) is 6.04 Å². The standard InChI is InChI=1S/C10H21NO3/c1-7(2)5-9(12)6-11-8(3)10(13)14-4/h7-9,11-12H,5-6H2,1-4H3. The van der Waals surface area contributed by atoms with Crippen molar-refractivity contribution in [2.45, 2.75) is 39.3 Å². The number of hydrogen-bond acceptors (Lipinski definition) is 4. The van der Waals surface area contributed by atoms with E-state index in [1.807, 2.05) is 13.8 Å². The minimum Gasteiger partial charge on any atom is -0.468 e. The molecule has 0 radical (unpaired) electrons. The zero-order valence-electron chi connectivity index (χ0n) is 9.41. The van der Waals surface area contributed by atoms with Crippen LogP contribution in [0.4, 0.5) is 0 Å². The minimum absolute atomic E-state index is 0.304. The highest BCUT2D eigenvalue weighted by atomic mass is 16.5. The number of rotatable bonds is 6. The zero-order chi connectivity index (χ0) is 11.1. The summed E-state index contributed by atoms with van der Waals surface area (Å²) in [5, 5.41) is 12.4. The number of nitrogens with one attached hydrogen (secondary N) is 1. The van der Waals surface area contributed by atoms with E-state index >= 15 is 0 Å². The van der Waals surface area contributed by atoms with Crippen LogP contribution in [0.15, 0.2) is 0 Å². The molecule has 84 valence electrons. The van der Waals surface area contributed by atoms with E-state index in [1.54, 1.807) is 6.92 Å². The van der Waals surface area contributed by atoms with Crippen LogP contribution in [0, 0.1) is 5.92 Å². The third-order valence-corrected chi connectivity index (χ3v) is 1.96. The molecule has 0 heterocycles. The van der Waals surface area contributed by atoms with Gasteiger partial charge in [-0.25, -0.2) is 0 Å². The fraction of sp³-hybridized carbons (Fsp3) is 0.900. The molecule has 0 saturated carbocycles. The molecule has 0 spiro atoms. The van der Waals surface area contributed by atoms with Crippen LogP contribution in [-0.2, 0) is 9.53 Å². The highest BCUT2D eigenvalue weighted by Crippen LogP contribution is 2.03. The molecule has 0 aliphatic rings. The van der Waals surface area contributed by atoms with Gasteiger partial charge in [-0.1, -0.05) is 13.8 Å². The minimum atomic E-state index is -0.401. The highest BCUT2D eigenvalue weighted by Gasteiger charge is 2.14. The Bertz CT molecular complexity index is 171. The van der Waals surface area contributed by atoms with Crippen molar-refractivity contribution in [2.24, 2.45) is 5.92 Å². The fourth-order valence-electron chi connectivity index (χ4n) is 1.20. The molecule has 0 aromatic rings. The number of hydrogen-bond donors (Lipinski definition) is 2. The largest absolute Gasteiger partial charge is 0.468 e. The average Bonchev–Trinajstić information content (AvgIpc) is 2.11. The van der Waals surface area contributed by atoms with Gasteiger partial charge in [-0.2, -0.15) is 0 Å². The van der Waals surface area contributed by atoms with Crippen LogP contribution in [-0.4, -0.2) is 36.9 Å². The van der Waals surface area contributed by atoms with Gasteiger partial charge < -0.3 is 15.2 Å². The van der Waals surface area contributed by atoms with Crippen molar-refractivity contribution in [3.05, 3.63) is 0 Å². The normalized spacial score (nSPS) is 15.3. The molecule has 4 heteroatoms. The van der Waals surface area contributed by atoms with Gasteiger partial charge in [-0.3, -0.25) is 4.79 Å². The summed E-state index contributed by atoms with van der Waals surface area (Å²) in [7, 11) is 1.35. The highest BCUT2D eigenvalue weighted by molar-refractivity contribution is 5.75. The number of aliphatic hydroxyl groups excluding tert-OH is 1. The number of carbonyl (C=O) groups excluding carboxylic acids is 1. The summed E-state index contributed by atoms with van der Waals surface area (Å²) in [5.41, 5.74) is 0. The Hall–Kier alpha value is -0.610. The topological polar surface area (TPSA) is 58.6 Å². The molecule has 0 bridgehead atoms. The first kappa shape index (κ1) is 13.4. The van der Waals surface area contributed by atoms with E-state index in [4.69, 9.17) is 0 Å². The Morgan fingerprint density at radius 3 is 2.43 bits per heavy atom. The van der Waals surface area contributed by atoms with Crippen LogP contribution in [0.3, 0.4) is 0 Å². The molecule has 2 unspecified atom stereocenters. The number of carbonyl (C=O) groups is 1. The summed E-state index contributed by atoms with van der Waals surface area (Å²) in [4.78, 5) is 11.0. The lowest BCUT2D eigenvalue weighted by Crippen LogP contribution is -2.39. The van der Waals surface area contributed by atoms with Crippen molar-refractivity contribution >= 4 is 5.97 Å². The Morgan fingerprint density at radius 2 is 2.00 bits per heavy atom. The lowest BCUT2D eigenvalue weighted by atomic mass is 10.1. The van der Waals surface area contributed by atoms with Crippen molar-refractivity contribution in [3.8, 4) is 0 Å². The van der Waals surface area contributed by atoms with Crippen LogP contribution in [0.1, 0.15) is 27.2 Å². The average molecular weight is 203 g/mol. The predicted molar refractivity (Wildman–Crippen MR) is 54.9 cm³/mol. The van der Waals surface area contributed by atoms with Gasteiger partial charge in [0, 0.05) is 6.54 Å². The second-order valence-corrected chi connectivity index (χ2v) is 3.94. The van der Waals surface area contributed by atoms with Gasteiger partial charge in [-0.05, 0) is 19.3 Å². The quantitative estimate of drug-likeness (QED) is 0.619. The molecule has 0 saturated heterocycles. The maximum absolute atomic E-state index is 11.0. The molecule has 0 aliphatic carbocycles. The molecule has 0 fully saturated rings. The first-order valence-corrected chi connectivity index (χ1v) is 4.96. The van der Waals surface area contributed by atoms with Crippen molar-refractivity contribution < 1.29 is 14.6 Å². The number of aliphatic hydroxyl groups is 1. The van der Waals surface area contributed by atoms with Crippen LogP contribution < -0.4 is 5.32 Å². The smallest absolute Gasteiger partial charge is 0.322 e. The number of ether oxygens (including phenoxy) is 1. The van der Waals surface area contributed by atoms with E-state index in [0.29, 0.717) is 12.5 Å². The first-order valence-electron chi connectivity index (χ1n) is 4.96. The monoisotopic (exact) mass is 203 g/mol. The molecule has 0 amide bonds. The van der Waals surface area contributed by atoms with Crippen LogP contribution >= 0.6 is 0 Å². The Morgan fingerprint density at radius 1 is 1.43 bits per heavy atom. The van der Waals surface area contributed by atoms with Crippen molar-refractivity contribution in [1.29, 1.82) is 0 Å². The van der Waals surface area contributed by atoms with Crippen LogP contribution in [0.2, 0.25) is 0 Å². The molecule has 4 nitrogen and oxygen atoms in total. The Balaban J connectivity index is 3.65. The first-order chi connectivity index (χ1) is 6.47. The second kappa shape index (κ2) is 6.79. The molecule has 14 heavy (non-hydrogen) atoms. The Labute approximate surface area is 85.6 Å². The molecular weight excluding hydrogens is 182 g/mol. The summed E-state index contributed by atoms with van der Waals surface area (Å²) in [6, 6.07) is -0.359. The summed E-state index contributed by atoms with van der Waals surface area (Å²) in [6.07, 6.45) is 0.336. The second-order valence-electron chi connectivity index (χ2n) is 3.94. The van der Waals surface area contributed by atoms with Crippen LogP contribution in [0.25, 0.3) is 0 Å². The molecule has 0 aliphatic heterocycles. The Kier molecular flexibility index (Phi) is 6.49. The van der Waals surface area contributed by atoms with Crippen LogP contribution in [0.5, 0.6) is 0 Å². The summed E-state index contributed by atoms with van der Waals surface area (Å²) in [5.74, 6) is 0.155. The van der Waals surface area contributed by atoms with E-state index in [-0.39, 0.29) is 12.0 Å². The van der Waals surface area contributed by atoms with Gasteiger partial charge >= 0.3 is 5.97 Å². The molecule has 0 aromatic heterocycles. The molecule has 0 rings (SSSR count). The third-order valence-electron chi connectivity index (χ3n) is 1.96. The van der Waals surface area contributed by atoms with Gasteiger partial charge in [0.25, 0.3) is 0 Å². The number of methoxy groups -OCH3 is 1. The summed E-state index contributed by atoms with van der Waals surface area (Å²) in [6.45, 7) is 6.24. The van der Waals surface area contributed by atoms with Gasteiger partial charge in [0.2, 0.25) is 0 Å². The fourth-order valence-corrected chi connectivity index (χ4v) is 1.20. The van der Waals surface area contributed by atoms with Crippen molar-refractivity contribution in [3.63, 3.8) is 0 Å². The van der Waals surface area contributed by atoms with Gasteiger partial charge in [0.05, 0.1) is 13.2 Å². The van der Waals surface area contributed by atoms with E-state index in [1.165, 1.54) is 7.11 Å². The van der Waals surface area contributed by atoms with Gasteiger partial charge in [0.15, 0.2) is 0 Å². The van der Waals surface area contributed by atoms with E-state index < -0.39 is 6.10 Å². The molecule has 2 N–H and O–H groups in total. The number of esters is 1. The maximum atomic E-state index is 11.0. The van der Waals surface area contributed by atoms with Gasteiger partial charge in [-0.15, -0.1) is 0 Å². The van der Waals surface area contributed by atoms with E-state index in [0.717, 1.165) is 6.42 Å². The lowest BCUT2D eigenvalue weighted by molar-refractivity contribution is -0.142. The SMILES string of the molecule is COC(=O)C(C)NCC(O)CC(C)C. The maximum Gasteiger partial charge on any atom is 0.322 e. The molecule has 0 aromatic carbocycles. The zero-order valence-corrected chi connectivity index (χ0v) is 9.41. The van der Waals surface area contributed by atoms with Crippen molar-refractivity contribution in [1.82, 2.24) is 5.32 Å². The third kappa shape index (κ3) is 5.94. The summed E-state index contributed by atoms with van der Waals surface area (Å²) >= 11 is 0. The molecular formula is C10H21NO3. The van der Waals surface area contributed by atoms with Crippen molar-refractivity contribution in [2.75, 3.05) is 13.7 Å². The molecule has 2 atom stereocenters. The predicted octanol–water partition coefficient (Wildman–Crippen LogP) is 0.544. The lowest BCUT2D eigenvalue weighted by Gasteiger charge is -2.16. The summed E-state index contributed by atoms with van der Waals surface area (Å²) < 4.78 is 4.54. The van der Waals surface area contributed by atoms with E-state index in [9.17, 15) is 9.90 Å².